The number of hydrogen-bond donors (Lipinski definition) is 1. The molecule has 0 radical (unpaired) electrons. The fraction of sp³-hybridized carbons (Fsp3) is 0.167. The average Bonchev–Trinajstić information content (AvgIpc) is 2.91. The molecule has 0 fully saturated rings. The first-order valence-electron chi connectivity index (χ1n) is 8.04. The summed E-state index contributed by atoms with van der Waals surface area (Å²) in [5.41, 5.74) is 7.68. The van der Waals surface area contributed by atoms with E-state index in [1.165, 1.54) is 17.3 Å². The van der Waals surface area contributed by atoms with Crippen LogP contribution in [0.15, 0.2) is 56.9 Å². The van der Waals surface area contributed by atoms with Crippen LogP contribution in [-0.4, -0.2) is 52.5 Å². The third-order valence-corrected chi connectivity index (χ3v) is 5.39. The average molecular weight is 385 g/mol. The number of carbonyl (C=O) groups excluding carboxylic acids is 1. The molecule has 2 aromatic rings. The number of rotatable bonds is 4. The van der Waals surface area contributed by atoms with Crippen molar-refractivity contribution in [2.24, 2.45) is 15.2 Å². The molecular formula is C18H19N5O3S. The Morgan fingerprint density at radius 1 is 1.15 bits per heavy atom. The zero-order valence-electron chi connectivity index (χ0n) is 15.1. The van der Waals surface area contributed by atoms with Crippen molar-refractivity contribution in [3.8, 4) is 0 Å². The van der Waals surface area contributed by atoms with Gasteiger partial charge in [-0.2, -0.15) is 13.5 Å². The van der Waals surface area contributed by atoms with Crippen LogP contribution >= 0.6 is 0 Å². The van der Waals surface area contributed by atoms with Crippen LogP contribution in [0.3, 0.4) is 0 Å². The van der Waals surface area contributed by atoms with Gasteiger partial charge in [-0.15, -0.1) is 4.40 Å². The highest BCUT2D eigenvalue weighted by atomic mass is 32.2. The van der Waals surface area contributed by atoms with Gasteiger partial charge in [0.2, 0.25) is 0 Å². The van der Waals surface area contributed by atoms with E-state index in [1.54, 1.807) is 48.3 Å². The number of nitrogens with two attached hydrogens (primary N) is 1. The van der Waals surface area contributed by atoms with Crippen molar-refractivity contribution in [2.45, 2.75) is 4.90 Å². The third-order valence-electron chi connectivity index (χ3n) is 4.07. The number of sulfonamides is 1. The number of primary amides is 1. The molecule has 0 spiro atoms. The van der Waals surface area contributed by atoms with Crippen molar-refractivity contribution in [2.75, 3.05) is 26.0 Å². The molecule has 1 heterocycles. The number of anilines is 1. The largest absolute Gasteiger partial charge is 0.377 e. The van der Waals surface area contributed by atoms with Crippen molar-refractivity contribution in [3.05, 3.63) is 59.2 Å². The number of nitrogens with zero attached hydrogens (tertiary/aromatic N) is 4. The number of fused-ring (bicyclic) bond motifs is 1. The molecule has 1 aliphatic rings. The van der Waals surface area contributed by atoms with Crippen LogP contribution in [0.4, 0.5) is 5.69 Å². The van der Waals surface area contributed by atoms with Crippen LogP contribution in [0.2, 0.25) is 0 Å². The Bertz CT molecular complexity index is 1070. The SMILES string of the molecule is CN(/N=C/c1ccc(N(C)C)c(C(N)=O)c1)C1=NS(=O)(=O)c2ccccc21. The zero-order valence-corrected chi connectivity index (χ0v) is 15.9. The molecule has 140 valence electrons. The van der Waals surface area contributed by atoms with Crippen molar-refractivity contribution < 1.29 is 13.2 Å². The number of amides is 1. The van der Waals surface area contributed by atoms with Crippen LogP contribution in [0, 0.1) is 0 Å². The molecule has 0 bridgehead atoms. The second-order valence-corrected chi connectivity index (χ2v) is 7.76. The Kier molecular flexibility index (Phi) is 4.71. The highest BCUT2D eigenvalue weighted by molar-refractivity contribution is 7.90. The van der Waals surface area contributed by atoms with Gasteiger partial charge in [-0.05, 0) is 29.8 Å². The topological polar surface area (TPSA) is 108 Å². The number of hydrogen-bond acceptors (Lipinski definition) is 6. The van der Waals surface area contributed by atoms with Gasteiger partial charge in [0.15, 0.2) is 5.84 Å². The third kappa shape index (κ3) is 3.54. The van der Waals surface area contributed by atoms with Crippen molar-refractivity contribution >= 4 is 33.7 Å². The molecule has 27 heavy (non-hydrogen) atoms. The van der Waals surface area contributed by atoms with Gasteiger partial charge in [-0.3, -0.25) is 4.79 Å². The Labute approximate surface area is 157 Å². The summed E-state index contributed by atoms with van der Waals surface area (Å²) in [5, 5.41) is 5.65. The fourth-order valence-electron chi connectivity index (χ4n) is 2.75. The summed E-state index contributed by atoms with van der Waals surface area (Å²) in [6.07, 6.45) is 1.52. The molecule has 0 saturated heterocycles. The molecule has 0 aliphatic carbocycles. The predicted octanol–water partition coefficient (Wildman–Crippen LogP) is 1.27. The van der Waals surface area contributed by atoms with E-state index in [0.717, 1.165) is 0 Å². The summed E-state index contributed by atoms with van der Waals surface area (Å²) in [6, 6.07) is 11.8. The van der Waals surface area contributed by atoms with Crippen LogP contribution in [0.5, 0.6) is 0 Å². The molecule has 2 N–H and O–H groups in total. The van der Waals surface area contributed by atoms with E-state index >= 15 is 0 Å². The summed E-state index contributed by atoms with van der Waals surface area (Å²) in [4.78, 5) is 13.6. The smallest absolute Gasteiger partial charge is 0.285 e. The normalized spacial score (nSPS) is 14.7. The monoisotopic (exact) mass is 385 g/mol. The van der Waals surface area contributed by atoms with Crippen LogP contribution in [0.25, 0.3) is 0 Å². The summed E-state index contributed by atoms with van der Waals surface area (Å²) in [5.74, 6) is -0.302. The quantitative estimate of drug-likeness (QED) is 0.630. The Morgan fingerprint density at radius 2 is 1.85 bits per heavy atom. The van der Waals surface area contributed by atoms with E-state index < -0.39 is 15.9 Å². The minimum absolute atomic E-state index is 0.161. The molecule has 3 rings (SSSR count). The molecule has 1 aliphatic heterocycles. The van der Waals surface area contributed by atoms with Gasteiger partial charge in [0.05, 0.1) is 11.8 Å². The summed E-state index contributed by atoms with van der Waals surface area (Å²) >= 11 is 0. The Hall–Kier alpha value is -3.20. The maximum absolute atomic E-state index is 12.1. The van der Waals surface area contributed by atoms with Crippen molar-refractivity contribution in [1.82, 2.24) is 5.01 Å². The number of amidine groups is 1. The van der Waals surface area contributed by atoms with E-state index in [4.69, 9.17) is 5.73 Å². The van der Waals surface area contributed by atoms with Gasteiger partial charge in [0.25, 0.3) is 15.9 Å². The maximum Gasteiger partial charge on any atom is 0.285 e. The van der Waals surface area contributed by atoms with E-state index in [9.17, 15) is 13.2 Å². The lowest BCUT2D eigenvalue weighted by atomic mass is 10.1. The molecule has 9 heteroatoms. The molecule has 0 atom stereocenters. The highest BCUT2D eigenvalue weighted by Gasteiger charge is 2.30. The van der Waals surface area contributed by atoms with Crippen molar-refractivity contribution in [1.29, 1.82) is 0 Å². The van der Waals surface area contributed by atoms with E-state index in [0.29, 0.717) is 22.4 Å². The van der Waals surface area contributed by atoms with E-state index in [2.05, 4.69) is 9.50 Å². The lowest BCUT2D eigenvalue weighted by Gasteiger charge is -2.16. The zero-order chi connectivity index (χ0) is 19.8. The minimum atomic E-state index is -3.71. The standard InChI is InChI=1S/C18H19N5O3S/c1-22(2)15-9-8-12(10-14(15)17(19)24)11-20-23(3)18-13-6-4-5-7-16(13)27(25,26)21-18/h4-11H,1-3H3,(H2,19,24)/b20-11+. The van der Waals surface area contributed by atoms with Gasteiger partial charge in [-0.1, -0.05) is 18.2 Å². The summed E-state index contributed by atoms with van der Waals surface area (Å²) < 4.78 is 28.1. The van der Waals surface area contributed by atoms with E-state index in [1.807, 2.05) is 14.1 Å². The molecular weight excluding hydrogens is 366 g/mol. The second-order valence-electron chi connectivity index (χ2n) is 6.19. The maximum atomic E-state index is 12.1. The number of benzene rings is 2. The van der Waals surface area contributed by atoms with Gasteiger partial charge in [0, 0.05) is 32.4 Å². The number of hydrazone groups is 1. The van der Waals surface area contributed by atoms with Crippen LogP contribution in [0.1, 0.15) is 21.5 Å². The fourth-order valence-corrected chi connectivity index (χ4v) is 3.98. The molecule has 2 aromatic carbocycles. The van der Waals surface area contributed by atoms with Gasteiger partial charge in [0.1, 0.15) is 4.90 Å². The van der Waals surface area contributed by atoms with Crippen molar-refractivity contribution in [3.63, 3.8) is 0 Å². The Morgan fingerprint density at radius 3 is 2.52 bits per heavy atom. The summed E-state index contributed by atoms with van der Waals surface area (Å²) in [6.45, 7) is 0. The first-order valence-corrected chi connectivity index (χ1v) is 9.48. The lowest BCUT2D eigenvalue weighted by Crippen LogP contribution is -2.21. The van der Waals surface area contributed by atoms with Crippen LogP contribution < -0.4 is 10.6 Å². The second kappa shape index (κ2) is 6.84. The molecule has 0 unspecified atom stereocenters. The van der Waals surface area contributed by atoms with Crippen LogP contribution in [-0.2, 0) is 10.0 Å². The van der Waals surface area contributed by atoms with Gasteiger partial charge in [-0.25, -0.2) is 5.01 Å². The highest BCUT2D eigenvalue weighted by Crippen LogP contribution is 2.27. The van der Waals surface area contributed by atoms with Gasteiger partial charge >= 0.3 is 0 Å². The van der Waals surface area contributed by atoms with Gasteiger partial charge < -0.3 is 10.6 Å². The summed E-state index contributed by atoms with van der Waals surface area (Å²) in [7, 11) is 1.53. The molecule has 0 saturated carbocycles. The Balaban J connectivity index is 1.91. The first kappa shape index (κ1) is 18.6. The molecule has 1 amide bonds. The molecule has 8 nitrogen and oxygen atoms in total. The molecule has 0 aromatic heterocycles. The minimum Gasteiger partial charge on any atom is -0.377 e. The number of carbonyl (C=O) groups is 1. The predicted molar refractivity (Wildman–Crippen MR) is 105 cm³/mol. The first-order chi connectivity index (χ1) is 12.7. The lowest BCUT2D eigenvalue weighted by molar-refractivity contribution is 0.100. The van der Waals surface area contributed by atoms with E-state index in [-0.39, 0.29) is 10.7 Å².